The average molecular weight is 270 g/mol. The number of benzene rings is 1. The maximum Gasteiger partial charge on any atom is 0.264 e. The van der Waals surface area contributed by atoms with E-state index in [1.54, 1.807) is 0 Å². The van der Waals surface area contributed by atoms with Crippen molar-refractivity contribution in [2.24, 2.45) is 5.92 Å². The van der Waals surface area contributed by atoms with E-state index in [2.05, 4.69) is 0 Å². The molecule has 0 aliphatic carbocycles. The Hall–Kier alpha value is -1.06. The molecule has 0 spiro atoms. The lowest BCUT2D eigenvalue weighted by Gasteiger charge is -2.18. The summed E-state index contributed by atoms with van der Waals surface area (Å²) in [6, 6.07) is 9.95. The minimum absolute atomic E-state index is 0.0563. The standard InChI is InChI=1S/C14H20ClNO2/c1-3-13(4-2)14(17)16(15)18-11-10-12-8-6-5-7-9-12/h5-9,13H,3-4,10-11H2,1-2H3. The van der Waals surface area contributed by atoms with Crippen molar-refractivity contribution >= 4 is 17.7 Å². The summed E-state index contributed by atoms with van der Waals surface area (Å²) in [5.74, 6) is -0.214. The predicted molar refractivity (Wildman–Crippen MR) is 72.9 cm³/mol. The van der Waals surface area contributed by atoms with E-state index in [9.17, 15) is 4.79 Å². The average Bonchev–Trinajstić information content (AvgIpc) is 2.41. The molecule has 0 unspecified atom stereocenters. The van der Waals surface area contributed by atoms with Crippen LogP contribution in [0.2, 0.25) is 0 Å². The van der Waals surface area contributed by atoms with Crippen LogP contribution in [-0.4, -0.2) is 17.1 Å². The van der Waals surface area contributed by atoms with Gasteiger partial charge in [0.2, 0.25) is 0 Å². The predicted octanol–water partition coefficient (Wildman–Crippen LogP) is 3.58. The summed E-state index contributed by atoms with van der Waals surface area (Å²) in [5, 5.41) is 0. The molecular weight excluding hydrogens is 250 g/mol. The van der Waals surface area contributed by atoms with E-state index in [4.69, 9.17) is 16.6 Å². The van der Waals surface area contributed by atoms with Gasteiger partial charge in [0.1, 0.15) is 0 Å². The van der Waals surface area contributed by atoms with Crippen LogP contribution in [0.5, 0.6) is 0 Å². The second-order valence-corrected chi connectivity index (χ2v) is 4.47. The summed E-state index contributed by atoms with van der Waals surface area (Å²) in [6.07, 6.45) is 2.29. The topological polar surface area (TPSA) is 29.5 Å². The highest BCUT2D eigenvalue weighted by molar-refractivity contribution is 6.20. The summed E-state index contributed by atoms with van der Waals surface area (Å²) < 4.78 is 0.862. The highest BCUT2D eigenvalue weighted by Gasteiger charge is 2.20. The van der Waals surface area contributed by atoms with Gasteiger partial charge >= 0.3 is 0 Å². The molecule has 0 aromatic heterocycles. The zero-order chi connectivity index (χ0) is 13.4. The molecule has 0 atom stereocenters. The van der Waals surface area contributed by atoms with Crippen molar-refractivity contribution in [2.75, 3.05) is 6.61 Å². The van der Waals surface area contributed by atoms with Crippen molar-refractivity contribution in [1.29, 1.82) is 0 Å². The van der Waals surface area contributed by atoms with Gasteiger partial charge in [-0.25, -0.2) is 0 Å². The van der Waals surface area contributed by atoms with Crippen LogP contribution < -0.4 is 0 Å². The number of hydrogen-bond donors (Lipinski definition) is 0. The number of rotatable bonds is 7. The van der Waals surface area contributed by atoms with E-state index in [0.29, 0.717) is 6.61 Å². The lowest BCUT2D eigenvalue weighted by molar-refractivity contribution is -0.163. The Balaban J connectivity index is 2.33. The van der Waals surface area contributed by atoms with Crippen LogP contribution in [0.3, 0.4) is 0 Å². The van der Waals surface area contributed by atoms with Crippen molar-refractivity contribution in [1.82, 2.24) is 4.58 Å². The van der Waals surface area contributed by atoms with Crippen molar-refractivity contribution < 1.29 is 9.63 Å². The number of carbonyl (C=O) groups is 1. The number of nitrogens with zero attached hydrogens (tertiary/aromatic N) is 1. The van der Waals surface area contributed by atoms with Gasteiger partial charge in [-0.1, -0.05) is 44.2 Å². The molecule has 1 aromatic rings. The zero-order valence-corrected chi connectivity index (χ0v) is 11.7. The van der Waals surface area contributed by atoms with E-state index in [0.717, 1.165) is 29.4 Å². The molecule has 0 aliphatic heterocycles. The highest BCUT2D eigenvalue weighted by Crippen LogP contribution is 2.14. The molecule has 0 heterocycles. The Kier molecular flexibility index (Phi) is 6.76. The van der Waals surface area contributed by atoms with Crippen molar-refractivity contribution in [3.63, 3.8) is 0 Å². The Morgan fingerprint density at radius 1 is 1.28 bits per heavy atom. The molecular formula is C14H20ClNO2. The van der Waals surface area contributed by atoms with Crippen LogP contribution in [0.15, 0.2) is 30.3 Å². The summed E-state index contributed by atoms with van der Waals surface area (Å²) in [4.78, 5) is 17.1. The molecule has 1 amide bonds. The molecule has 1 rings (SSSR count). The van der Waals surface area contributed by atoms with Gasteiger partial charge in [-0.2, -0.15) is 0 Å². The third-order valence-corrected chi connectivity index (χ3v) is 3.21. The van der Waals surface area contributed by atoms with Gasteiger partial charge in [-0.15, -0.1) is 4.58 Å². The van der Waals surface area contributed by atoms with Gasteiger partial charge in [-0.3, -0.25) is 9.63 Å². The van der Waals surface area contributed by atoms with Crippen molar-refractivity contribution in [3.05, 3.63) is 35.9 Å². The fraction of sp³-hybridized carbons (Fsp3) is 0.500. The van der Waals surface area contributed by atoms with Gasteiger partial charge < -0.3 is 0 Å². The SMILES string of the molecule is CCC(CC)C(=O)N(Cl)OCCc1ccccc1. The Morgan fingerprint density at radius 2 is 1.89 bits per heavy atom. The van der Waals surface area contributed by atoms with Crippen LogP contribution in [0, 0.1) is 5.92 Å². The Labute approximate surface area is 114 Å². The molecule has 0 fully saturated rings. The second-order valence-electron chi connectivity index (χ2n) is 4.17. The van der Waals surface area contributed by atoms with Gasteiger partial charge in [-0.05, 0) is 24.8 Å². The minimum atomic E-state index is -0.158. The molecule has 18 heavy (non-hydrogen) atoms. The highest BCUT2D eigenvalue weighted by atomic mass is 35.5. The first-order chi connectivity index (χ1) is 8.69. The van der Waals surface area contributed by atoms with Gasteiger partial charge in [0.15, 0.2) is 0 Å². The molecule has 1 aromatic carbocycles. The first-order valence-electron chi connectivity index (χ1n) is 6.35. The number of amides is 1. The first-order valence-corrected chi connectivity index (χ1v) is 6.69. The number of carbonyl (C=O) groups excluding carboxylic acids is 1. The quantitative estimate of drug-likeness (QED) is 0.559. The molecule has 100 valence electrons. The normalized spacial score (nSPS) is 10.7. The molecule has 4 heteroatoms. The number of hydrogen-bond acceptors (Lipinski definition) is 2. The third kappa shape index (κ3) is 4.67. The van der Waals surface area contributed by atoms with E-state index in [-0.39, 0.29) is 11.8 Å². The monoisotopic (exact) mass is 269 g/mol. The third-order valence-electron chi connectivity index (χ3n) is 2.95. The van der Waals surface area contributed by atoms with E-state index in [1.165, 1.54) is 0 Å². The van der Waals surface area contributed by atoms with Crippen LogP contribution >= 0.6 is 11.8 Å². The molecule has 0 radical (unpaired) electrons. The summed E-state index contributed by atoms with van der Waals surface area (Å²) in [6.45, 7) is 4.35. The molecule has 0 aliphatic rings. The lowest BCUT2D eigenvalue weighted by Crippen LogP contribution is -2.29. The first kappa shape index (κ1) is 15.0. The lowest BCUT2D eigenvalue weighted by atomic mass is 10.0. The van der Waals surface area contributed by atoms with Crippen LogP contribution in [-0.2, 0) is 16.1 Å². The fourth-order valence-corrected chi connectivity index (χ4v) is 1.94. The maximum atomic E-state index is 11.8. The zero-order valence-electron chi connectivity index (χ0n) is 10.9. The number of hydroxylamine groups is 1. The van der Waals surface area contributed by atoms with E-state index in [1.807, 2.05) is 44.2 Å². The molecule has 0 saturated heterocycles. The van der Waals surface area contributed by atoms with E-state index < -0.39 is 0 Å². The molecule has 0 bridgehead atoms. The Bertz CT molecular complexity index is 352. The second kappa shape index (κ2) is 8.11. The van der Waals surface area contributed by atoms with Gasteiger partial charge in [0, 0.05) is 17.7 Å². The Morgan fingerprint density at radius 3 is 2.44 bits per heavy atom. The summed E-state index contributed by atoms with van der Waals surface area (Å²) in [5.41, 5.74) is 1.16. The fourth-order valence-electron chi connectivity index (χ4n) is 1.73. The van der Waals surface area contributed by atoms with Crippen molar-refractivity contribution in [2.45, 2.75) is 33.1 Å². The van der Waals surface area contributed by atoms with Crippen LogP contribution in [0.1, 0.15) is 32.3 Å². The maximum absolute atomic E-state index is 11.8. The summed E-state index contributed by atoms with van der Waals surface area (Å²) >= 11 is 5.81. The smallest absolute Gasteiger partial charge is 0.264 e. The molecule has 0 saturated carbocycles. The largest absolute Gasteiger partial charge is 0.271 e. The van der Waals surface area contributed by atoms with Gasteiger partial charge in [0.25, 0.3) is 5.91 Å². The molecule has 3 nitrogen and oxygen atoms in total. The van der Waals surface area contributed by atoms with E-state index >= 15 is 0 Å². The number of halogens is 1. The van der Waals surface area contributed by atoms with Crippen LogP contribution in [0.25, 0.3) is 0 Å². The van der Waals surface area contributed by atoms with Crippen LogP contribution in [0.4, 0.5) is 0 Å². The molecule has 0 N–H and O–H groups in total. The minimum Gasteiger partial charge on any atom is -0.271 e. The van der Waals surface area contributed by atoms with Gasteiger partial charge in [0.05, 0.1) is 6.61 Å². The van der Waals surface area contributed by atoms with Crippen molar-refractivity contribution in [3.8, 4) is 0 Å². The summed E-state index contributed by atoms with van der Waals surface area (Å²) in [7, 11) is 0.